The number of hydrogen-bond acceptors (Lipinski definition) is 8. The van der Waals surface area contributed by atoms with Crippen LogP contribution in [0.5, 0.6) is 11.5 Å². The Bertz CT molecular complexity index is 999. The van der Waals surface area contributed by atoms with Crippen LogP contribution < -0.4 is 31.1 Å². The van der Waals surface area contributed by atoms with E-state index >= 15 is 0 Å². The summed E-state index contributed by atoms with van der Waals surface area (Å²) in [5.41, 5.74) is 3.61. The number of benzene rings is 2. The molecule has 2 aromatic rings. The Hall–Kier alpha value is -1.47. The molecule has 0 unspecified atom stereocenters. The number of rotatable bonds is 4. The number of aryl methyl sites for hydroxylation is 1. The Kier molecular flexibility index (Phi) is 5.40. The molecule has 31 heavy (non-hydrogen) atoms. The van der Waals surface area contributed by atoms with Crippen molar-refractivity contribution in [1.82, 2.24) is 0 Å². The standard InChI is InChI=1S/C22H24IO8/c1-12-2-4-15(22-20(27)18(25)19(26)21(11-24,30-22)23-31-22)10-14(12)8-13-3-5-16-17(9-13)29-7-6-28-16/h2-5,9-10,18-20,24-27H,6-8,11H2,1H3/q-1/t18-,19-,20+,21+,22+/m0/s1. The summed E-state index contributed by atoms with van der Waals surface area (Å²) in [6, 6.07) is 11.4. The number of aliphatic hydroxyl groups excluding tert-OH is 4. The van der Waals surface area contributed by atoms with E-state index in [0.29, 0.717) is 25.2 Å². The molecule has 2 bridgehead atoms. The van der Waals surface area contributed by atoms with Crippen molar-refractivity contribution in [2.75, 3.05) is 19.8 Å². The van der Waals surface area contributed by atoms with Crippen molar-refractivity contribution < 1.29 is 59.3 Å². The fourth-order valence-electron chi connectivity index (χ4n) is 4.19. The van der Waals surface area contributed by atoms with Gasteiger partial charge in [-0.2, -0.15) is 0 Å². The SMILES string of the molecule is Cc1ccc([C@]23O[I-][C@](CO)(O2)[C@@H](O)[C@H](O)[C@H]3O)cc1Cc1ccc2c(c1)OCCO2. The van der Waals surface area contributed by atoms with Crippen molar-refractivity contribution in [3.63, 3.8) is 0 Å². The van der Waals surface area contributed by atoms with Gasteiger partial charge in [-0.05, 0) is 0 Å². The molecule has 2 saturated heterocycles. The Morgan fingerprint density at radius 1 is 1.00 bits per heavy atom. The second-order valence-electron chi connectivity index (χ2n) is 8.04. The van der Waals surface area contributed by atoms with Crippen LogP contribution >= 0.6 is 0 Å². The normalized spacial score (nSPS) is 34.3. The van der Waals surface area contributed by atoms with Crippen molar-refractivity contribution in [1.29, 1.82) is 0 Å². The molecular weight excluding hydrogens is 519 g/mol. The third kappa shape index (κ3) is 3.34. The van der Waals surface area contributed by atoms with Gasteiger partial charge in [0.05, 0.1) is 0 Å². The zero-order chi connectivity index (χ0) is 21.8. The summed E-state index contributed by atoms with van der Waals surface area (Å²) in [5, 5.41) is 41.4. The number of alkyl halides is 1. The number of fused-ring (bicyclic) bond motifs is 3. The first-order valence-electron chi connectivity index (χ1n) is 10.1. The van der Waals surface area contributed by atoms with Crippen LogP contribution in [0.4, 0.5) is 0 Å². The molecule has 0 saturated carbocycles. The fourth-order valence-corrected chi connectivity index (χ4v) is 6.68. The molecule has 168 valence electrons. The Balaban J connectivity index is 1.49. The van der Waals surface area contributed by atoms with E-state index in [1.54, 1.807) is 6.07 Å². The molecule has 9 heteroatoms. The monoisotopic (exact) mass is 543 g/mol. The van der Waals surface area contributed by atoms with E-state index < -0.39 is 55.9 Å². The molecule has 5 atom stereocenters. The van der Waals surface area contributed by atoms with E-state index in [1.807, 2.05) is 37.3 Å². The molecule has 4 N–H and O–H groups in total. The number of hydrogen-bond donors (Lipinski definition) is 4. The van der Waals surface area contributed by atoms with Gasteiger partial charge in [0.15, 0.2) is 0 Å². The van der Waals surface area contributed by atoms with E-state index in [4.69, 9.17) is 17.3 Å². The van der Waals surface area contributed by atoms with Crippen LogP contribution in [0.2, 0.25) is 0 Å². The summed E-state index contributed by atoms with van der Waals surface area (Å²) in [7, 11) is 0. The molecular formula is C22H24IO8-. The van der Waals surface area contributed by atoms with E-state index in [0.717, 1.165) is 28.2 Å². The number of ether oxygens (including phenoxy) is 3. The summed E-state index contributed by atoms with van der Waals surface area (Å²) < 4.78 is 21.8. The topological polar surface area (TPSA) is 118 Å². The molecule has 8 nitrogen and oxygen atoms in total. The summed E-state index contributed by atoms with van der Waals surface area (Å²) >= 11 is -1.30. The van der Waals surface area contributed by atoms with Gasteiger partial charge in [0.2, 0.25) is 0 Å². The van der Waals surface area contributed by atoms with Crippen LogP contribution in [-0.4, -0.2) is 62.2 Å². The minimum absolute atomic E-state index is 0.497. The van der Waals surface area contributed by atoms with Crippen LogP contribution in [-0.2, 0) is 20.0 Å². The third-order valence-corrected chi connectivity index (χ3v) is 8.87. The van der Waals surface area contributed by atoms with Crippen LogP contribution in [0, 0.1) is 6.92 Å². The van der Waals surface area contributed by atoms with Gasteiger partial charge in [0.1, 0.15) is 0 Å². The average Bonchev–Trinajstić information content (AvgIpc) is 3.18. The maximum absolute atomic E-state index is 10.8. The van der Waals surface area contributed by atoms with Crippen LogP contribution in [0.25, 0.3) is 0 Å². The molecule has 0 radical (unpaired) electrons. The predicted molar refractivity (Wildman–Crippen MR) is 103 cm³/mol. The molecule has 3 heterocycles. The van der Waals surface area contributed by atoms with E-state index in [2.05, 4.69) is 0 Å². The molecule has 0 aliphatic carbocycles. The zero-order valence-corrected chi connectivity index (χ0v) is 19.0. The van der Waals surface area contributed by atoms with E-state index in [9.17, 15) is 20.4 Å². The van der Waals surface area contributed by atoms with Crippen molar-refractivity contribution in [2.24, 2.45) is 0 Å². The van der Waals surface area contributed by atoms with Gasteiger partial charge >= 0.3 is 190 Å². The first-order chi connectivity index (χ1) is 14.9. The minimum atomic E-state index is -1.62. The second kappa shape index (κ2) is 7.84. The molecule has 5 rings (SSSR count). The van der Waals surface area contributed by atoms with Crippen molar-refractivity contribution in [2.45, 2.75) is 41.1 Å². The Morgan fingerprint density at radius 3 is 2.55 bits per heavy atom. The van der Waals surface area contributed by atoms with Gasteiger partial charge in [-0.25, -0.2) is 0 Å². The van der Waals surface area contributed by atoms with Crippen molar-refractivity contribution in [3.8, 4) is 11.5 Å². The number of halogens is 1. The van der Waals surface area contributed by atoms with Crippen molar-refractivity contribution in [3.05, 3.63) is 58.7 Å². The maximum atomic E-state index is 10.8. The van der Waals surface area contributed by atoms with Gasteiger partial charge in [-0.3, -0.25) is 0 Å². The first kappa shape index (κ1) is 21.4. The molecule has 3 aliphatic heterocycles. The summed E-state index contributed by atoms with van der Waals surface area (Å²) in [6.07, 6.45) is -3.80. The van der Waals surface area contributed by atoms with Crippen LogP contribution in [0.3, 0.4) is 0 Å². The van der Waals surface area contributed by atoms with Gasteiger partial charge < -0.3 is 0 Å². The van der Waals surface area contributed by atoms with Gasteiger partial charge in [-0.15, -0.1) is 0 Å². The Labute approximate surface area is 190 Å². The molecule has 3 aliphatic rings. The average molecular weight is 543 g/mol. The van der Waals surface area contributed by atoms with Gasteiger partial charge in [0, 0.05) is 0 Å². The number of aliphatic hydroxyl groups is 4. The summed E-state index contributed by atoms with van der Waals surface area (Å²) in [4.78, 5) is 0. The fraction of sp³-hybridized carbons (Fsp3) is 0.455. The van der Waals surface area contributed by atoms with Gasteiger partial charge in [-0.1, -0.05) is 0 Å². The quantitative estimate of drug-likeness (QED) is 0.244. The van der Waals surface area contributed by atoms with Gasteiger partial charge in [0.25, 0.3) is 0 Å². The third-order valence-electron chi connectivity index (χ3n) is 6.05. The molecule has 2 fully saturated rings. The van der Waals surface area contributed by atoms with E-state index in [-0.39, 0.29) is 0 Å². The second-order valence-corrected chi connectivity index (χ2v) is 10.8. The zero-order valence-electron chi connectivity index (χ0n) is 16.8. The molecule has 0 amide bonds. The van der Waals surface area contributed by atoms with E-state index in [1.165, 1.54) is 0 Å². The van der Waals surface area contributed by atoms with Crippen LogP contribution in [0.1, 0.15) is 22.3 Å². The molecule has 0 aromatic heterocycles. The first-order valence-corrected chi connectivity index (χ1v) is 12.0. The summed E-state index contributed by atoms with van der Waals surface area (Å²) in [6.45, 7) is 2.55. The summed E-state index contributed by atoms with van der Waals surface area (Å²) in [5.74, 6) is -0.172. The van der Waals surface area contributed by atoms with Crippen LogP contribution in [0.15, 0.2) is 36.4 Å². The predicted octanol–water partition coefficient (Wildman–Crippen LogP) is -2.65. The molecule has 0 spiro atoms. The Morgan fingerprint density at radius 2 is 1.77 bits per heavy atom. The van der Waals surface area contributed by atoms with Crippen molar-refractivity contribution >= 4 is 0 Å². The molecule has 2 aromatic carbocycles.